The first-order valence-electron chi connectivity index (χ1n) is 7.02. The Balaban J connectivity index is 2.70. The second kappa shape index (κ2) is 5.47. The van der Waals surface area contributed by atoms with Gasteiger partial charge in [-0.05, 0) is 52.0 Å². The van der Waals surface area contributed by atoms with E-state index in [9.17, 15) is 0 Å². The first-order valence-corrected chi connectivity index (χ1v) is 8.99. The molecule has 0 aliphatic rings. The van der Waals surface area contributed by atoms with Crippen LogP contribution in [-0.2, 0) is 0 Å². The molecule has 0 aliphatic heterocycles. The quantitative estimate of drug-likeness (QED) is 0.722. The van der Waals surface area contributed by atoms with Crippen LogP contribution < -0.4 is 10.6 Å². The fraction of sp³-hybridized carbons (Fsp3) is 0.333. The van der Waals surface area contributed by atoms with Crippen molar-refractivity contribution in [1.82, 2.24) is 0 Å². The summed E-state index contributed by atoms with van der Waals surface area (Å²) < 4.78 is 0. The van der Waals surface area contributed by atoms with E-state index in [4.69, 9.17) is 0 Å². The summed E-state index contributed by atoms with van der Waals surface area (Å²) in [6, 6.07) is 22.2. The molecule has 100 valence electrons. The summed E-state index contributed by atoms with van der Waals surface area (Å²) in [5, 5.41) is 3.33. The number of hydrogen-bond donors (Lipinski definition) is 0. The summed E-state index contributed by atoms with van der Waals surface area (Å²) in [5.74, 6) is 0. The highest BCUT2D eigenvalue weighted by molar-refractivity contribution is 7.90. The van der Waals surface area contributed by atoms with Crippen LogP contribution in [0.4, 0.5) is 0 Å². The lowest BCUT2D eigenvalue weighted by Gasteiger charge is -2.37. The summed E-state index contributed by atoms with van der Waals surface area (Å²) >= 11 is 0. The largest absolute Gasteiger partial charge is 0.0997 e. The fourth-order valence-electron chi connectivity index (χ4n) is 3.13. The maximum atomic E-state index is 2.39. The van der Waals surface area contributed by atoms with Crippen LogP contribution in [0.15, 0.2) is 60.7 Å². The molecule has 0 spiro atoms. The first kappa shape index (κ1) is 14.3. The predicted molar refractivity (Wildman–Crippen MR) is 89.4 cm³/mol. The lowest BCUT2D eigenvalue weighted by molar-refractivity contribution is 0.779. The average molecular weight is 271 g/mol. The lowest BCUT2D eigenvalue weighted by atomic mass is 10.2. The van der Waals surface area contributed by atoms with E-state index in [1.807, 2.05) is 0 Å². The molecule has 0 aliphatic carbocycles. The van der Waals surface area contributed by atoms with Crippen molar-refractivity contribution in [2.45, 2.75) is 32.9 Å². The van der Waals surface area contributed by atoms with Crippen LogP contribution in [0.25, 0.3) is 0 Å². The summed E-state index contributed by atoms with van der Waals surface area (Å²) in [4.78, 5) is 0. The molecule has 0 radical (unpaired) electrons. The Morgan fingerprint density at radius 1 is 0.737 bits per heavy atom. The third-order valence-corrected chi connectivity index (χ3v) is 9.61. The van der Waals surface area contributed by atoms with Crippen molar-refractivity contribution in [3.05, 3.63) is 60.7 Å². The van der Waals surface area contributed by atoms with E-state index in [0.29, 0.717) is 0 Å². The van der Waals surface area contributed by atoms with Gasteiger partial charge in [-0.2, -0.15) is 0 Å². The molecular weight excluding hydrogens is 247 g/mol. The maximum absolute atomic E-state index is 2.39. The molecule has 0 amide bonds. The van der Waals surface area contributed by atoms with Crippen LogP contribution in [0.2, 0.25) is 0 Å². The number of rotatable bonds is 3. The van der Waals surface area contributed by atoms with Gasteiger partial charge in [0.1, 0.15) is 0 Å². The molecular formula is C18H24P+. The van der Waals surface area contributed by atoms with E-state index in [1.54, 1.807) is 0 Å². The van der Waals surface area contributed by atoms with Crippen molar-refractivity contribution in [3.63, 3.8) is 0 Å². The third kappa shape index (κ3) is 2.47. The van der Waals surface area contributed by atoms with Crippen molar-refractivity contribution in [1.29, 1.82) is 0 Å². The molecule has 0 heterocycles. The molecule has 19 heavy (non-hydrogen) atoms. The zero-order valence-electron chi connectivity index (χ0n) is 12.4. The first-order chi connectivity index (χ1) is 9.02. The Morgan fingerprint density at radius 3 is 1.37 bits per heavy atom. The zero-order valence-corrected chi connectivity index (χ0v) is 13.3. The van der Waals surface area contributed by atoms with E-state index < -0.39 is 7.26 Å². The highest BCUT2D eigenvalue weighted by Gasteiger charge is 2.51. The van der Waals surface area contributed by atoms with Gasteiger partial charge in [-0.3, -0.25) is 0 Å². The predicted octanol–water partition coefficient (Wildman–Crippen LogP) is 4.47. The van der Waals surface area contributed by atoms with E-state index in [1.165, 1.54) is 16.8 Å². The minimum absolute atomic E-state index is 0.282. The minimum atomic E-state index is -1.37. The van der Waals surface area contributed by atoms with Gasteiger partial charge in [0.2, 0.25) is 0 Å². The number of benzene rings is 2. The maximum Gasteiger partial charge on any atom is 0.0997 e. The van der Waals surface area contributed by atoms with Gasteiger partial charge in [-0.15, -0.1) is 0 Å². The Morgan fingerprint density at radius 2 is 1.11 bits per heavy atom. The van der Waals surface area contributed by atoms with Gasteiger partial charge in [-0.1, -0.05) is 36.4 Å². The van der Waals surface area contributed by atoms with Crippen molar-refractivity contribution in [2.75, 3.05) is 6.16 Å². The standard InChI is InChI=1S/C18H24P/c1-5-19(18(2,3)4,16-12-8-6-9-13-16)17-14-10-7-11-15-17/h6-15H,5H2,1-4H3/q+1. The highest BCUT2D eigenvalue weighted by atomic mass is 31.2. The summed E-state index contributed by atoms with van der Waals surface area (Å²) in [6.45, 7) is 9.53. The third-order valence-electron chi connectivity index (χ3n) is 4.01. The van der Waals surface area contributed by atoms with Crippen LogP contribution in [-0.4, -0.2) is 11.3 Å². The van der Waals surface area contributed by atoms with Crippen molar-refractivity contribution < 1.29 is 0 Å². The molecule has 0 nitrogen and oxygen atoms in total. The van der Waals surface area contributed by atoms with Gasteiger partial charge in [-0.25, -0.2) is 0 Å². The van der Waals surface area contributed by atoms with Crippen LogP contribution >= 0.6 is 7.26 Å². The topological polar surface area (TPSA) is 0 Å². The van der Waals surface area contributed by atoms with Gasteiger partial charge < -0.3 is 0 Å². The summed E-state index contributed by atoms with van der Waals surface area (Å²) in [7, 11) is -1.37. The van der Waals surface area contributed by atoms with Crippen molar-refractivity contribution in [2.24, 2.45) is 0 Å². The van der Waals surface area contributed by atoms with Crippen LogP contribution in [0.3, 0.4) is 0 Å². The molecule has 0 aromatic heterocycles. The Hall–Kier alpha value is -1.13. The zero-order chi connectivity index (χ0) is 13.9. The van der Waals surface area contributed by atoms with E-state index in [-0.39, 0.29) is 5.16 Å². The van der Waals surface area contributed by atoms with Gasteiger partial charge in [0, 0.05) is 0 Å². The lowest BCUT2D eigenvalue weighted by Crippen LogP contribution is -2.37. The van der Waals surface area contributed by atoms with Gasteiger partial charge in [0.15, 0.2) is 0 Å². The summed E-state index contributed by atoms with van der Waals surface area (Å²) in [5.41, 5.74) is 0. The average Bonchev–Trinajstić information content (AvgIpc) is 2.41. The van der Waals surface area contributed by atoms with E-state index in [0.717, 1.165) is 0 Å². The Kier molecular flexibility index (Phi) is 4.11. The van der Waals surface area contributed by atoms with Crippen LogP contribution in [0, 0.1) is 0 Å². The van der Waals surface area contributed by atoms with Crippen molar-refractivity contribution in [3.8, 4) is 0 Å². The van der Waals surface area contributed by atoms with E-state index >= 15 is 0 Å². The molecule has 2 aromatic rings. The molecule has 0 saturated carbocycles. The van der Waals surface area contributed by atoms with Crippen molar-refractivity contribution >= 4 is 17.9 Å². The molecule has 0 unspecified atom stereocenters. The minimum Gasteiger partial charge on any atom is -0.0620 e. The molecule has 0 atom stereocenters. The highest BCUT2D eigenvalue weighted by Crippen LogP contribution is 2.66. The van der Waals surface area contributed by atoms with Crippen LogP contribution in [0.1, 0.15) is 27.7 Å². The smallest absolute Gasteiger partial charge is 0.0620 e. The van der Waals surface area contributed by atoms with Gasteiger partial charge >= 0.3 is 0 Å². The van der Waals surface area contributed by atoms with Crippen LogP contribution in [0.5, 0.6) is 0 Å². The molecule has 0 saturated heterocycles. The molecule has 0 N–H and O–H groups in total. The molecule has 0 fully saturated rings. The number of hydrogen-bond acceptors (Lipinski definition) is 0. The molecule has 2 rings (SSSR count). The Labute approximate surface area is 118 Å². The molecule has 1 heteroatoms. The van der Waals surface area contributed by atoms with Gasteiger partial charge in [0.25, 0.3) is 0 Å². The fourth-order valence-corrected chi connectivity index (χ4v) is 8.02. The normalized spacial score (nSPS) is 12.4. The summed E-state index contributed by atoms with van der Waals surface area (Å²) in [6.07, 6.45) is 1.21. The van der Waals surface area contributed by atoms with E-state index in [2.05, 4.69) is 88.4 Å². The molecule has 2 aromatic carbocycles. The monoisotopic (exact) mass is 271 g/mol. The SMILES string of the molecule is CC[P+](c1ccccc1)(c1ccccc1)C(C)(C)C. The Bertz CT molecular complexity index is 469. The second-order valence-electron chi connectivity index (χ2n) is 5.97. The van der Waals surface area contributed by atoms with Gasteiger partial charge in [0.05, 0.1) is 29.2 Å². The molecule has 0 bridgehead atoms. The second-order valence-corrected chi connectivity index (χ2v) is 10.6.